The predicted octanol–water partition coefficient (Wildman–Crippen LogP) is -0.554. The van der Waals surface area contributed by atoms with Crippen molar-refractivity contribution in [3.8, 4) is 0 Å². The van der Waals surface area contributed by atoms with E-state index in [9.17, 15) is 21.6 Å². The van der Waals surface area contributed by atoms with Gasteiger partial charge in [-0.25, -0.2) is 16.8 Å². The van der Waals surface area contributed by atoms with Crippen molar-refractivity contribution in [2.75, 3.05) is 31.4 Å². The van der Waals surface area contributed by atoms with Gasteiger partial charge in [0, 0.05) is 32.1 Å². The van der Waals surface area contributed by atoms with E-state index in [1.54, 1.807) is 7.05 Å². The number of amides is 1. The number of carbonyl (C=O) groups is 1. The third kappa shape index (κ3) is 4.40. The average Bonchev–Trinajstić information content (AvgIpc) is 3.10. The molecule has 1 saturated carbocycles. The Balaban J connectivity index is 1.89. The lowest BCUT2D eigenvalue weighted by molar-refractivity contribution is -0.131. The van der Waals surface area contributed by atoms with E-state index < -0.39 is 19.9 Å². The number of sulfone groups is 1. The normalized spacial score (nSPS) is 25.2. The molecule has 9 heteroatoms. The van der Waals surface area contributed by atoms with E-state index in [2.05, 4.69) is 0 Å². The van der Waals surface area contributed by atoms with E-state index >= 15 is 0 Å². The van der Waals surface area contributed by atoms with Gasteiger partial charge in [-0.05, 0) is 19.3 Å². The zero-order valence-electron chi connectivity index (χ0n) is 12.4. The topological polar surface area (TPSA) is 91.8 Å². The Kier molecular flexibility index (Phi) is 4.65. The standard InChI is InChI=1S/C12H22N2O5S2/c1-13(11-6-8-21(18,19)9-11)12(15)5-7-14(10-3-4-10)20(2,16)17/h10-11H,3-9H2,1-2H3. The summed E-state index contributed by atoms with van der Waals surface area (Å²) in [5, 5.41) is 0. The fraction of sp³-hybridized carbons (Fsp3) is 0.917. The Labute approximate surface area is 126 Å². The Bertz CT molecular complexity index is 610. The van der Waals surface area contributed by atoms with Crippen molar-refractivity contribution < 1.29 is 21.6 Å². The summed E-state index contributed by atoms with van der Waals surface area (Å²) in [5.74, 6) is -0.0769. The first-order valence-electron chi connectivity index (χ1n) is 7.03. The van der Waals surface area contributed by atoms with Crippen LogP contribution >= 0.6 is 0 Å². The Hall–Kier alpha value is -0.670. The van der Waals surface area contributed by atoms with Gasteiger partial charge in [0.2, 0.25) is 15.9 Å². The van der Waals surface area contributed by atoms with Gasteiger partial charge < -0.3 is 4.90 Å². The molecule has 0 bridgehead atoms. The lowest BCUT2D eigenvalue weighted by Gasteiger charge is -2.25. The molecule has 0 N–H and O–H groups in total. The van der Waals surface area contributed by atoms with Crippen LogP contribution in [0, 0.1) is 0 Å². The maximum Gasteiger partial charge on any atom is 0.223 e. The van der Waals surface area contributed by atoms with Crippen molar-refractivity contribution in [2.24, 2.45) is 0 Å². The van der Waals surface area contributed by atoms with Gasteiger partial charge in [-0.1, -0.05) is 0 Å². The number of carbonyl (C=O) groups excluding carboxylic acids is 1. The van der Waals surface area contributed by atoms with Crippen LogP contribution in [-0.4, -0.2) is 75.4 Å². The predicted molar refractivity (Wildman–Crippen MR) is 79.0 cm³/mol. The zero-order valence-corrected chi connectivity index (χ0v) is 14.0. The van der Waals surface area contributed by atoms with E-state index in [0.717, 1.165) is 19.1 Å². The maximum atomic E-state index is 12.1. The molecular formula is C12H22N2O5S2. The van der Waals surface area contributed by atoms with Crippen LogP contribution in [0.5, 0.6) is 0 Å². The molecular weight excluding hydrogens is 316 g/mol. The molecule has 2 fully saturated rings. The molecule has 1 unspecified atom stereocenters. The summed E-state index contributed by atoms with van der Waals surface area (Å²) in [6.07, 6.45) is 3.40. The Morgan fingerprint density at radius 3 is 2.24 bits per heavy atom. The van der Waals surface area contributed by atoms with E-state index in [-0.39, 0.29) is 42.5 Å². The van der Waals surface area contributed by atoms with Gasteiger partial charge in [-0.2, -0.15) is 4.31 Å². The van der Waals surface area contributed by atoms with E-state index in [1.807, 2.05) is 0 Å². The van der Waals surface area contributed by atoms with Gasteiger partial charge in [-0.3, -0.25) is 4.79 Å². The van der Waals surface area contributed by atoms with Crippen LogP contribution in [-0.2, 0) is 24.7 Å². The summed E-state index contributed by atoms with van der Waals surface area (Å²) in [4.78, 5) is 13.6. The molecule has 0 spiro atoms. The first kappa shape index (κ1) is 16.7. The second kappa shape index (κ2) is 5.85. The molecule has 0 aromatic carbocycles. The molecule has 1 atom stereocenters. The van der Waals surface area contributed by atoms with Crippen molar-refractivity contribution in [1.29, 1.82) is 0 Å². The summed E-state index contributed by atoms with van der Waals surface area (Å²) in [7, 11) is -4.73. The van der Waals surface area contributed by atoms with E-state index in [1.165, 1.54) is 9.21 Å². The third-order valence-corrected chi connectivity index (χ3v) is 7.16. The lowest BCUT2D eigenvalue weighted by atomic mass is 10.2. The van der Waals surface area contributed by atoms with Gasteiger partial charge in [-0.15, -0.1) is 0 Å². The number of sulfonamides is 1. The summed E-state index contributed by atoms with van der Waals surface area (Å²) >= 11 is 0. The minimum atomic E-state index is -3.29. The Morgan fingerprint density at radius 1 is 1.19 bits per heavy atom. The second-order valence-corrected chi connectivity index (χ2v) is 10.1. The molecule has 0 aromatic rings. The van der Waals surface area contributed by atoms with Crippen LogP contribution < -0.4 is 0 Å². The molecule has 1 amide bonds. The molecule has 0 aromatic heterocycles. The highest BCUT2D eigenvalue weighted by Gasteiger charge is 2.36. The largest absolute Gasteiger partial charge is 0.342 e. The Morgan fingerprint density at radius 2 is 1.81 bits per heavy atom. The highest BCUT2D eigenvalue weighted by atomic mass is 32.2. The van der Waals surface area contributed by atoms with Gasteiger partial charge >= 0.3 is 0 Å². The number of hydrogen-bond acceptors (Lipinski definition) is 5. The van der Waals surface area contributed by atoms with E-state index in [4.69, 9.17) is 0 Å². The quantitative estimate of drug-likeness (QED) is 0.648. The lowest BCUT2D eigenvalue weighted by Crippen LogP contribution is -2.41. The van der Waals surface area contributed by atoms with Crippen LogP contribution in [0.15, 0.2) is 0 Å². The van der Waals surface area contributed by atoms with Crippen molar-refractivity contribution >= 4 is 25.8 Å². The van der Waals surface area contributed by atoms with Crippen LogP contribution in [0.25, 0.3) is 0 Å². The first-order chi connectivity index (χ1) is 9.60. The highest BCUT2D eigenvalue weighted by molar-refractivity contribution is 7.91. The molecule has 7 nitrogen and oxygen atoms in total. The summed E-state index contributed by atoms with van der Waals surface area (Å²) in [6, 6.07) is -0.250. The molecule has 1 heterocycles. The fourth-order valence-corrected chi connectivity index (χ4v) is 5.60. The van der Waals surface area contributed by atoms with Crippen molar-refractivity contribution in [1.82, 2.24) is 9.21 Å². The number of rotatable bonds is 6. The molecule has 21 heavy (non-hydrogen) atoms. The van der Waals surface area contributed by atoms with Crippen LogP contribution in [0.4, 0.5) is 0 Å². The van der Waals surface area contributed by atoms with Crippen molar-refractivity contribution in [3.63, 3.8) is 0 Å². The number of nitrogens with zero attached hydrogens (tertiary/aromatic N) is 2. The third-order valence-electron chi connectivity index (χ3n) is 4.08. The van der Waals surface area contributed by atoms with Crippen LogP contribution in [0.1, 0.15) is 25.7 Å². The van der Waals surface area contributed by atoms with Gasteiger partial charge in [0.05, 0.1) is 17.8 Å². The molecule has 1 aliphatic carbocycles. The smallest absolute Gasteiger partial charge is 0.223 e. The molecule has 2 rings (SSSR count). The van der Waals surface area contributed by atoms with Crippen LogP contribution in [0.2, 0.25) is 0 Å². The van der Waals surface area contributed by atoms with Crippen molar-refractivity contribution in [3.05, 3.63) is 0 Å². The minimum Gasteiger partial charge on any atom is -0.342 e. The molecule has 2 aliphatic rings. The highest BCUT2D eigenvalue weighted by Crippen LogP contribution is 2.29. The van der Waals surface area contributed by atoms with Gasteiger partial charge in [0.1, 0.15) is 0 Å². The average molecular weight is 338 g/mol. The SMILES string of the molecule is CN(C(=O)CCN(C1CC1)S(C)(=O)=O)C1CCS(=O)(=O)C1. The van der Waals surface area contributed by atoms with Crippen molar-refractivity contribution in [2.45, 2.75) is 37.8 Å². The van der Waals surface area contributed by atoms with Crippen LogP contribution in [0.3, 0.4) is 0 Å². The zero-order chi connectivity index (χ0) is 15.8. The summed E-state index contributed by atoms with van der Waals surface area (Å²) in [6.45, 7) is 0.173. The number of hydrogen-bond donors (Lipinski definition) is 0. The molecule has 122 valence electrons. The molecule has 1 saturated heterocycles. The monoisotopic (exact) mass is 338 g/mol. The molecule has 1 aliphatic heterocycles. The van der Waals surface area contributed by atoms with Gasteiger partial charge in [0.25, 0.3) is 0 Å². The maximum absolute atomic E-state index is 12.1. The minimum absolute atomic E-state index is 0.00759. The fourth-order valence-electron chi connectivity index (χ4n) is 2.65. The summed E-state index contributed by atoms with van der Waals surface area (Å²) in [5.41, 5.74) is 0. The van der Waals surface area contributed by atoms with E-state index in [0.29, 0.717) is 6.42 Å². The molecule has 0 radical (unpaired) electrons. The summed E-state index contributed by atoms with van der Waals surface area (Å²) < 4.78 is 47.6. The van der Waals surface area contributed by atoms with Gasteiger partial charge in [0.15, 0.2) is 9.84 Å². The first-order valence-corrected chi connectivity index (χ1v) is 10.7. The second-order valence-electron chi connectivity index (χ2n) is 5.92.